The summed E-state index contributed by atoms with van der Waals surface area (Å²) in [5.41, 5.74) is -1.36. The Bertz CT molecular complexity index is 574. The summed E-state index contributed by atoms with van der Waals surface area (Å²) >= 11 is 0. The molecule has 24 heavy (non-hydrogen) atoms. The fraction of sp³-hybridized carbons (Fsp3) is 0.562. The molecule has 1 unspecified atom stereocenters. The molecule has 1 saturated carbocycles. The Kier molecular flexibility index (Phi) is 5.71. The highest BCUT2D eigenvalue weighted by Crippen LogP contribution is 2.31. The Balaban J connectivity index is 2.01. The normalized spacial score (nSPS) is 17.7. The van der Waals surface area contributed by atoms with Crippen LogP contribution in [0.4, 0.5) is 18.0 Å². The van der Waals surface area contributed by atoms with E-state index in [2.05, 4.69) is 10.6 Å². The monoisotopic (exact) mass is 346 g/mol. The molecule has 2 rings (SSSR count). The number of hydrogen-bond acceptors (Lipinski definition) is 3. The van der Waals surface area contributed by atoms with Crippen LogP contribution in [0.25, 0.3) is 0 Å². The number of alkyl halides is 3. The number of carbonyl (C=O) groups is 1. The van der Waals surface area contributed by atoms with E-state index in [9.17, 15) is 23.1 Å². The second-order valence-corrected chi connectivity index (χ2v) is 6.04. The molecule has 5 nitrogen and oxygen atoms in total. The average molecular weight is 346 g/mol. The summed E-state index contributed by atoms with van der Waals surface area (Å²) in [6.45, 7) is 0.139. The van der Waals surface area contributed by atoms with Crippen LogP contribution < -0.4 is 10.6 Å². The lowest BCUT2D eigenvalue weighted by Gasteiger charge is -2.36. The first-order valence-corrected chi connectivity index (χ1v) is 7.66. The molecule has 1 aromatic rings. The standard InChI is InChI=1S/C16H21F3N2O3/c1-24-9-13(11-4-2-5-12(8-11)16(17,18)19)21-14(22)20-10-15(23)6-3-7-15/h2,4-5,8,13,23H,3,6-7,9-10H2,1H3,(H2,20,21,22). The Morgan fingerprint density at radius 2 is 2.12 bits per heavy atom. The lowest BCUT2D eigenvalue weighted by molar-refractivity contribution is -0.137. The maximum atomic E-state index is 12.8. The molecule has 2 amide bonds. The zero-order chi connectivity index (χ0) is 17.8. The van der Waals surface area contributed by atoms with E-state index in [0.717, 1.165) is 18.6 Å². The van der Waals surface area contributed by atoms with E-state index in [0.29, 0.717) is 18.4 Å². The van der Waals surface area contributed by atoms with Crippen molar-refractivity contribution in [1.29, 1.82) is 0 Å². The second-order valence-electron chi connectivity index (χ2n) is 6.04. The molecule has 0 bridgehead atoms. The fourth-order valence-corrected chi connectivity index (χ4v) is 2.54. The van der Waals surface area contributed by atoms with Crippen molar-refractivity contribution in [2.75, 3.05) is 20.3 Å². The van der Waals surface area contributed by atoms with E-state index in [1.54, 1.807) is 0 Å². The second kappa shape index (κ2) is 7.40. The molecule has 3 N–H and O–H groups in total. The third-order valence-electron chi connectivity index (χ3n) is 4.12. The van der Waals surface area contributed by atoms with Gasteiger partial charge in [-0.3, -0.25) is 0 Å². The van der Waals surface area contributed by atoms with Crippen LogP contribution in [-0.2, 0) is 10.9 Å². The zero-order valence-corrected chi connectivity index (χ0v) is 13.3. The van der Waals surface area contributed by atoms with Crippen LogP contribution in [0.15, 0.2) is 24.3 Å². The van der Waals surface area contributed by atoms with Crippen LogP contribution >= 0.6 is 0 Å². The van der Waals surface area contributed by atoms with E-state index in [-0.39, 0.29) is 13.2 Å². The van der Waals surface area contributed by atoms with Gasteiger partial charge in [-0.25, -0.2) is 4.79 Å². The van der Waals surface area contributed by atoms with Gasteiger partial charge in [0.15, 0.2) is 0 Å². The molecule has 0 radical (unpaired) electrons. The number of ether oxygens (including phenoxy) is 1. The fourth-order valence-electron chi connectivity index (χ4n) is 2.54. The van der Waals surface area contributed by atoms with Gasteiger partial charge in [-0.15, -0.1) is 0 Å². The number of methoxy groups -OCH3 is 1. The third-order valence-corrected chi connectivity index (χ3v) is 4.12. The van der Waals surface area contributed by atoms with Gasteiger partial charge in [0.1, 0.15) is 0 Å². The van der Waals surface area contributed by atoms with Gasteiger partial charge in [0, 0.05) is 13.7 Å². The van der Waals surface area contributed by atoms with E-state index in [4.69, 9.17) is 4.74 Å². The summed E-state index contributed by atoms with van der Waals surface area (Å²) in [4.78, 5) is 12.0. The largest absolute Gasteiger partial charge is 0.416 e. The predicted octanol–water partition coefficient (Wildman–Crippen LogP) is 2.61. The van der Waals surface area contributed by atoms with Gasteiger partial charge in [0.25, 0.3) is 0 Å². The van der Waals surface area contributed by atoms with Crippen molar-refractivity contribution in [2.24, 2.45) is 0 Å². The van der Waals surface area contributed by atoms with Crippen LogP contribution in [0.1, 0.15) is 36.4 Å². The van der Waals surface area contributed by atoms with Gasteiger partial charge >= 0.3 is 12.2 Å². The van der Waals surface area contributed by atoms with Crippen LogP contribution in [0.3, 0.4) is 0 Å². The molecule has 0 aliphatic heterocycles. The molecule has 1 fully saturated rings. The first-order valence-electron chi connectivity index (χ1n) is 7.66. The molecule has 1 aromatic carbocycles. The number of halogens is 3. The van der Waals surface area contributed by atoms with Crippen LogP contribution in [-0.4, -0.2) is 37.0 Å². The molecule has 134 valence electrons. The van der Waals surface area contributed by atoms with Crippen LogP contribution in [0.5, 0.6) is 0 Å². The molecule has 8 heteroatoms. The molecule has 0 heterocycles. The van der Waals surface area contributed by atoms with Crippen molar-refractivity contribution in [3.63, 3.8) is 0 Å². The molecule has 0 spiro atoms. The first kappa shape index (κ1) is 18.5. The van der Waals surface area contributed by atoms with Crippen molar-refractivity contribution in [1.82, 2.24) is 10.6 Å². The zero-order valence-electron chi connectivity index (χ0n) is 13.3. The van der Waals surface area contributed by atoms with Crippen molar-refractivity contribution in [2.45, 2.75) is 37.1 Å². The minimum atomic E-state index is -4.45. The molecule has 1 atom stereocenters. The van der Waals surface area contributed by atoms with E-state index in [1.807, 2.05) is 0 Å². The van der Waals surface area contributed by atoms with Gasteiger partial charge in [0.05, 0.1) is 23.8 Å². The minimum absolute atomic E-state index is 0.0268. The summed E-state index contributed by atoms with van der Waals surface area (Å²) < 4.78 is 43.4. The summed E-state index contributed by atoms with van der Waals surface area (Å²) in [5.74, 6) is 0. The van der Waals surface area contributed by atoms with Crippen LogP contribution in [0.2, 0.25) is 0 Å². The maximum absolute atomic E-state index is 12.8. The van der Waals surface area contributed by atoms with Crippen molar-refractivity contribution >= 4 is 6.03 Å². The Hall–Kier alpha value is -1.80. The Labute approximate surface area is 138 Å². The van der Waals surface area contributed by atoms with Gasteiger partial charge in [0.2, 0.25) is 0 Å². The lowest BCUT2D eigenvalue weighted by Crippen LogP contribution is -2.50. The van der Waals surface area contributed by atoms with Crippen molar-refractivity contribution in [3.8, 4) is 0 Å². The SMILES string of the molecule is COCC(NC(=O)NCC1(O)CCC1)c1cccc(C(F)(F)F)c1. The highest BCUT2D eigenvalue weighted by Gasteiger charge is 2.35. The van der Waals surface area contributed by atoms with Crippen molar-refractivity contribution in [3.05, 3.63) is 35.4 Å². The smallest absolute Gasteiger partial charge is 0.388 e. The number of nitrogens with one attached hydrogen (secondary N) is 2. The highest BCUT2D eigenvalue weighted by atomic mass is 19.4. The predicted molar refractivity (Wildman–Crippen MR) is 81.4 cm³/mol. The van der Waals surface area contributed by atoms with Gasteiger partial charge in [-0.1, -0.05) is 12.1 Å². The number of rotatable bonds is 6. The molecular weight excluding hydrogens is 325 g/mol. The number of urea groups is 1. The third kappa shape index (κ3) is 4.85. The van der Waals surface area contributed by atoms with Gasteiger partial charge in [-0.05, 0) is 37.0 Å². The van der Waals surface area contributed by atoms with E-state index in [1.165, 1.54) is 19.2 Å². The number of amides is 2. The summed E-state index contributed by atoms with van der Waals surface area (Å²) in [5, 5.41) is 15.1. The highest BCUT2D eigenvalue weighted by molar-refractivity contribution is 5.74. The average Bonchev–Trinajstić information content (AvgIpc) is 2.50. The maximum Gasteiger partial charge on any atom is 0.416 e. The number of hydrogen-bond donors (Lipinski definition) is 3. The summed E-state index contributed by atoms with van der Waals surface area (Å²) in [6, 6.07) is 3.46. The van der Waals surface area contributed by atoms with E-state index < -0.39 is 29.4 Å². The van der Waals surface area contributed by atoms with Gasteiger partial charge in [-0.2, -0.15) is 13.2 Å². The minimum Gasteiger partial charge on any atom is -0.388 e. The van der Waals surface area contributed by atoms with Crippen LogP contribution in [0, 0.1) is 0 Å². The number of aliphatic hydroxyl groups is 1. The quantitative estimate of drug-likeness (QED) is 0.742. The Morgan fingerprint density at radius 1 is 1.42 bits per heavy atom. The molecule has 1 aliphatic carbocycles. The number of carbonyl (C=O) groups excluding carboxylic acids is 1. The Morgan fingerprint density at radius 3 is 2.67 bits per heavy atom. The van der Waals surface area contributed by atoms with Gasteiger partial charge < -0.3 is 20.5 Å². The van der Waals surface area contributed by atoms with Crippen molar-refractivity contribution < 1.29 is 27.8 Å². The van der Waals surface area contributed by atoms with E-state index >= 15 is 0 Å². The molecule has 1 aliphatic rings. The summed E-state index contributed by atoms with van der Waals surface area (Å²) in [7, 11) is 1.40. The summed E-state index contributed by atoms with van der Waals surface area (Å²) in [6.07, 6.45) is -2.29. The molecule has 0 aromatic heterocycles. The molecule has 0 saturated heterocycles. The first-order chi connectivity index (χ1) is 11.2. The molecular formula is C16H21F3N2O3. The lowest BCUT2D eigenvalue weighted by atomic mass is 9.80. The number of benzene rings is 1. The topological polar surface area (TPSA) is 70.6 Å².